The number of halogens is 1. The predicted octanol–water partition coefficient (Wildman–Crippen LogP) is 4.39. The molecule has 0 aliphatic heterocycles. The molecule has 178 valence electrons. The molecular formula is C23H22ClN3O5S2. The molecule has 0 radical (unpaired) electrons. The van der Waals surface area contributed by atoms with Crippen LogP contribution in [0.2, 0.25) is 5.02 Å². The Morgan fingerprint density at radius 1 is 1.21 bits per heavy atom. The van der Waals surface area contributed by atoms with Crippen LogP contribution in [0.25, 0.3) is 0 Å². The Balaban J connectivity index is 1.65. The van der Waals surface area contributed by atoms with E-state index in [0.29, 0.717) is 16.1 Å². The molecule has 0 saturated carbocycles. The van der Waals surface area contributed by atoms with Crippen LogP contribution >= 0.6 is 22.9 Å². The van der Waals surface area contributed by atoms with Crippen LogP contribution in [-0.2, 0) is 33.2 Å². The molecule has 2 heterocycles. The minimum Gasteiger partial charge on any atom is -0.465 e. The number of benzene rings is 1. The third-order valence-electron chi connectivity index (χ3n) is 5.61. The van der Waals surface area contributed by atoms with Crippen LogP contribution in [0.1, 0.15) is 55.3 Å². The molecule has 3 aromatic rings. The zero-order valence-corrected chi connectivity index (χ0v) is 20.9. The van der Waals surface area contributed by atoms with E-state index in [1.165, 1.54) is 18.4 Å². The lowest BCUT2D eigenvalue weighted by atomic mass is 9.95. The highest BCUT2D eigenvalue weighted by atomic mass is 35.5. The number of hydrogen-bond donors (Lipinski definition) is 1. The van der Waals surface area contributed by atoms with E-state index in [1.54, 1.807) is 12.1 Å². The minimum absolute atomic E-state index is 0.103. The lowest BCUT2D eigenvalue weighted by molar-refractivity contribution is 0.0601. The summed E-state index contributed by atoms with van der Waals surface area (Å²) in [4.78, 5) is 34.4. The van der Waals surface area contributed by atoms with Gasteiger partial charge in [-0.15, -0.1) is 11.3 Å². The second kappa shape index (κ2) is 9.81. The molecule has 11 heteroatoms. The monoisotopic (exact) mass is 519 g/mol. The van der Waals surface area contributed by atoms with E-state index < -0.39 is 26.9 Å². The fourth-order valence-corrected chi connectivity index (χ4v) is 6.59. The average molecular weight is 520 g/mol. The number of aromatic nitrogens is 2. The first-order valence-electron chi connectivity index (χ1n) is 10.5. The van der Waals surface area contributed by atoms with Gasteiger partial charge < -0.3 is 10.1 Å². The van der Waals surface area contributed by atoms with E-state index in [4.69, 9.17) is 16.3 Å². The Kier molecular flexibility index (Phi) is 7.01. The van der Waals surface area contributed by atoms with Crippen molar-refractivity contribution in [3.63, 3.8) is 0 Å². The van der Waals surface area contributed by atoms with Gasteiger partial charge in [-0.3, -0.25) is 4.79 Å². The molecule has 0 unspecified atom stereocenters. The van der Waals surface area contributed by atoms with Crippen LogP contribution in [0, 0.1) is 6.92 Å². The summed E-state index contributed by atoms with van der Waals surface area (Å²) in [6.45, 7) is 1.81. The molecule has 8 nitrogen and oxygen atoms in total. The highest BCUT2D eigenvalue weighted by Gasteiger charge is 2.29. The number of hydrogen-bond acceptors (Lipinski definition) is 8. The third-order valence-corrected chi connectivity index (χ3v) is 8.54. The first-order chi connectivity index (χ1) is 16.2. The minimum atomic E-state index is -3.94. The highest BCUT2D eigenvalue weighted by molar-refractivity contribution is 7.90. The molecular weight excluding hydrogens is 498 g/mol. The number of anilines is 1. The molecule has 1 N–H and O–H groups in total. The van der Waals surface area contributed by atoms with Crippen molar-refractivity contribution in [3.8, 4) is 0 Å². The van der Waals surface area contributed by atoms with Crippen LogP contribution in [0.4, 0.5) is 5.00 Å². The molecule has 0 bridgehead atoms. The van der Waals surface area contributed by atoms with Gasteiger partial charge in [0.05, 0.1) is 29.6 Å². The van der Waals surface area contributed by atoms with Crippen molar-refractivity contribution in [2.24, 2.45) is 0 Å². The highest BCUT2D eigenvalue weighted by Crippen LogP contribution is 2.39. The number of amides is 1. The van der Waals surface area contributed by atoms with Crippen LogP contribution < -0.4 is 5.32 Å². The van der Waals surface area contributed by atoms with Crippen molar-refractivity contribution in [2.75, 3.05) is 12.4 Å². The number of methoxy groups -OCH3 is 1. The van der Waals surface area contributed by atoms with Gasteiger partial charge in [0.15, 0.2) is 5.69 Å². The van der Waals surface area contributed by atoms with Gasteiger partial charge in [0.1, 0.15) is 5.00 Å². The molecule has 1 aliphatic carbocycles. The van der Waals surface area contributed by atoms with E-state index in [2.05, 4.69) is 15.3 Å². The standard InChI is InChI=1S/C23H22ClN3O5S2/c1-13-7-3-4-8-14(13)12-34(30,31)23-25-11-16(24)19(26-23)20(28)27-21-18(22(29)32-2)15-9-5-6-10-17(15)33-21/h3-4,7-8,11H,5-6,9-10,12H2,1-2H3,(H,27,28). The molecule has 0 saturated heterocycles. The van der Waals surface area contributed by atoms with E-state index in [1.807, 2.05) is 19.1 Å². The second-order valence-corrected chi connectivity index (χ2v) is 11.3. The van der Waals surface area contributed by atoms with Gasteiger partial charge in [0, 0.05) is 4.88 Å². The van der Waals surface area contributed by atoms with E-state index in [-0.39, 0.29) is 16.5 Å². The number of nitrogens with zero attached hydrogens (tertiary/aromatic N) is 2. The molecule has 1 aliphatic rings. The molecule has 0 fully saturated rings. The quantitative estimate of drug-likeness (QED) is 0.379. The van der Waals surface area contributed by atoms with E-state index in [9.17, 15) is 18.0 Å². The van der Waals surface area contributed by atoms with Crippen LogP contribution in [0.5, 0.6) is 0 Å². The number of ether oxygens (including phenoxy) is 1. The zero-order valence-electron chi connectivity index (χ0n) is 18.6. The van der Waals surface area contributed by atoms with Crippen molar-refractivity contribution in [1.29, 1.82) is 0 Å². The van der Waals surface area contributed by atoms with Crippen LogP contribution in [0.3, 0.4) is 0 Å². The number of esters is 1. The first-order valence-corrected chi connectivity index (χ1v) is 13.4. The summed E-state index contributed by atoms with van der Waals surface area (Å²) in [6.07, 6.45) is 4.58. The van der Waals surface area contributed by atoms with Gasteiger partial charge >= 0.3 is 5.97 Å². The molecule has 1 amide bonds. The fourth-order valence-electron chi connectivity index (χ4n) is 3.84. The number of thiophene rings is 1. The molecule has 1 aromatic carbocycles. The Labute approximate surface area is 206 Å². The zero-order chi connectivity index (χ0) is 24.5. The van der Waals surface area contributed by atoms with Crippen LogP contribution in [-0.4, -0.2) is 37.4 Å². The normalized spacial score (nSPS) is 13.3. The maximum Gasteiger partial charge on any atom is 0.341 e. The SMILES string of the molecule is COC(=O)c1c(NC(=O)c2nc(S(=O)(=O)Cc3ccccc3C)ncc2Cl)sc2c1CCCC2. The number of sulfone groups is 1. The number of carbonyl (C=O) groups is 2. The smallest absolute Gasteiger partial charge is 0.341 e. The van der Waals surface area contributed by atoms with E-state index in [0.717, 1.165) is 47.9 Å². The lowest BCUT2D eigenvalue weighted by Crippen LogP contribution is -2.19. The number of carbonyl (C=O) groups excluding carboxylic acids is 2. The van der Waals surface area contributed by atoms with Gasteiger partial charge in [-0.25, -0.2) is 23.2 Å². The molecule has 0 atom stereocenters. The van der Waals surface area contributed by atoms with Gasteiger partial charge in [0.25, 0.3) is 5.91 Å². The van der Waals surface area contributed by atoms with Gasteiger partial charge in [0.2, 0.25) is 15.0 Å². The summed E-state index contributed by atoms with van der Waals surface area (Å²) < 4.78 is 30.8. The summed E-state index contributed by atoms with van der Waals surface area (Å²) in [5.74, 6) is -1.58. The summed E-state index contributed by atoms with van der Waals surface area (Å²) in [6, 6.07) is 7.09. The second-order valence-electron chi connectivity index (χ2n) is 7.90. The molecule has 0 spiro atoms. The Bertz CT molecular complexity index is 1390. The lowest BCUT2D eigenvalue weighted by Gasteiger charge is -2.12. The Morgan fingerprint density at radius 2 is 1.94 bits per heavy atom. The predicted molar refractivity (Wildman–Crippen MR) is 129 cm³/mol. The number of nitrogens with one attached hydrogen (secondary N) is 1. The van der Waals surface area contributed by atoms with Crippen molar-refractivity contribution in [2.45, 2.75) is 43.5 Å². The van der Waals surface area contributed by atoms with Crippen molar-refractivity contribution in [3.05, 3.63) is 68.3 Å². The largest absolute Gasteiger partial charge is 0.465 e. The van der Waals surface area contributed by atoms with Gasteiger partial charge in [-0.2, -0.15) is 0 Å². The molecule has 34 heavy (non-hydrogen) atoms. The number of rotatable bonds is 6. The summed E-state index contributed by atoms with van der Waals surface area (Å²) in [5.41, 5.74) is 2.35. The maximum atomic E-state index is 13.1. The summed E-state index contributed by atoms with van der Waals surface area (Å²) in [5, 5.41) is 2.42. The fraction of sp³-hybridized carbons (Fsp3) is 0.304. The number of fused-ring (bicyclic) bond motifs is 1. The van der Waals surface area contributed by atoms with Crippen molar-refractivity contribution >= 4 is 49.7 Å². The first kappa shape index (κ1) is 24.3. The van der Waals surface area contributed by atoms with Crippen molar-refractivity contribution < 1.29 is 22.7 Å². The topological polar surface area (TPSA) is 115 Å². The van der Waals surface area contributed by atoms with Gasteiger partial charge in [-0.1, -0.05) is 35.9 Å². The van der Waals surface area contributed by atoms with Crippen LogP contribution in [0.15, 0.2) is 35.6 Å². The average Bonchev–Trinajstić information content (AvgIpc) is 3.17. The molecule has 2 aromatic heterocycles. The Hall–Kier alpha value is -2.82. The Morgan fingerprint density at radius 3 is 2.68 bits per heavy atom. The maximum absolute atomic E-state index is 13.1. The van der Waals surface area contributed by atoms with Crippen molar-refractivity contribution in [1.82, 2.24) is 9.97 Å². The number of aryl methyl sites for hydroxylation is 2. The third kappa shape index (κ3) is 4.84. The van der Waals surface area contributed by atoms with E-state index >= 15 is 0 Å². The molecule has 4 rings (SSSR count). The van der Waals surface area contributed by atoms with Gasteiger partial charge in [-0.05, 0) is 49.3 Å². The summed E-state index contributed by atoms with van der Waals surface area (Å²) >= 11 is 7.46. The summed E-state index contributed by atoms with van der Waals surface area (Å²) in [7, 11) is -2.66.